The van der Waals surface area contributed by atoms with Crippen LogP contribution in [0, 0.1) is 12.8 Å². The molecule has 8 heteroatoms. The lowest BCUT2D eigenvalue weighted by molar-refractivity contribution is -0.141. The molecule has 0 spiro atoms. The van der Waals surface area contributed by atoms with Crippen LogP contribution in [0.1, 0.15) is 29.2 Å². The van der Waals surface area contributed by atoms with Crippen molar-refractivity contribution in [2.75, 3.05) is 19.7 Å². The number of piperidine rings is 1. The van der Waals surface area contributed by atoms with Crippen molar-refractivity contribution in [3.63, 3.8) is 0 Å². The zero-order valence-corrected chi connectivity index (χ0v) is 14.7. The molecule has 0 aliphatic carbocycles. The first-order chi connectivity index (χ1) is 11.9. The summed E-state index contributed by atoms with van der Waals surface area (Å²) in [6, 6.07) is 3.74. The van der Waals surface area contributed by atoms with Gasteiger partial charge in [-0.2, -0.15) is 13.2 Å². The third-order valence-corrected chi connectivity index (χ3v) is 5.06. The predicted molar refractivity (Wildman–Crippen MR) is 89.6 cm³/mol. The van der Waals surface area contributed by atoms with Crippen LogP contribution in [0.3, 0.4) is 0 Å². The van der Waals surface area contributed by atoms with Crippen molar-refractivity contribution in [1.29, 1.82) is 0 Å². The Hall–Kier alpha value is -1.67. The van der Waals surface area contributed by atoms with E-state index in [0.29, 0.717) is 12.5 Å². The van der Waals surface area contributed by atoms with Crippen molar-refractivity contribution in [1.82, 2.24) is 14.9 Å². The van der Waals surface area contributed by atoms with E-state index in [4.69, 9.17) is 4.74 Å². The maximum absolute atomic E-state index is 12.7. The van der Waals surface area contributed by atoms with Crippen molar-refractivity contribution in [3.8, 4) is 5.88 Å². The molecule has 0 saturated carbocycles. The number of pyridine rings is 1. The highest BCUT2D eigenvalue weighted by atomic mass is 32.1. The third kappa shape index (κ3) is 5.15. The molecule has 0 aromatic carbocycles. The van der Waals surface area contributed by atoms with E-state index in [2.05, 4.69) is 20.2 Å². The Morgan fingerprint density at radius 2 is 2.00 bits per heavy atom. The topological polar surface area (TPSA) is 38.2 Å². The number of aryl methyl sites for hydroxylation is 1. The molecule has 1 aliphatic heterocycles. The summed E-state index contributed by atoms with van der Waals surface area (Å²) in [6.07, 6.45) is -2.52. The molecule has 0 bridgehead atoms. The highest BCUT2D eigenvalue weighted by Crippen LogP contribution is 2.29. The van der Waals surface area contributed by atoms with Crippen LogP contribution in [0.2, 0.25) is 0 Å². The fraction of sp³-hybridized carbons (Fsp3) is 0.529. The smallest absolute Gasteiger partial charge is 0.433 e. The summed E-state index contributed by atoms with van der Waals surface area (Å²) in [7, 11) is 0. The van der Waals surface area contributed by atoms with Crippen LogP contribution in [0.4, 0.5) is 13.2 Å². The summed E-state index contributed by atoms with van der Waals surface area (Å²) in [4.78, 5) is 10.4. The van der Waals surface area contributed by atoms with E-state index in [-0.39, 0.29) is 5.88 Å². The molecule has 4 nitrogen and oxygen atoms in total. The lowest BCUT2D eigenvalue weighted by Crippen LogP contribution is -2.35. The number of alkyl halides is 3. The monoisotopic (exact) mass is 371 g/mol. The molecule has 3 rings (SSSR count). The standard InChI is InChI=1S/C17H20F3N3OS/c1-12-21-14(11-25-12)9-23-7-5-13(6-8-23)10-24-16-4-2-3-15(22-16)17(18,19)20/h2-4,11,13H,5-10H2,1H3. The second kappa shape index (κ2) is 7.70. The first-order valence-corrected chi connectivity index (χ1v) is 9.08. The largest absolute Gasteiger partial charge is 0.477 e. The summed E-state index contributed by atoms with van der Waals surface area (Å²) in [5.74, 6) is 0.375. The Labute approximate surface area is 148 Å². The molecule has 0 amide bonds. The van der Waals surface area contributed by atoms with Gasteiger partial charge in [-0.1, -0.05) is 6.07 Å². The molecule has 0 radical (unpaired) electrons. The van der Waals surface area contributed by atoms with E-state index in [1.165, 1.54) is 12.1 Å². The van der Waals surface area contributed by atoms with E-state index in [1.807, 2.05) is 6.92 Å². The number of thiazole rings is 1. The van der Waals surface area contributed by atoms with Crippen LogP contribution in [-0.4, -0.2) is 34.6 Å². The zero-order valence-electron chi connectivity index (χ0n) is 13.9. The minimum Gasteiger partial charge on any atom is -0.477 e. The second-order valence-electron chi connectivity index (χ2n) is 6.25. The molecule has 2 aromatic heterocycles. The molecular formula is C17H20F3N3OS. The van der Waals surface area contributed by atoms with Gasteiger partial charge in [0, 0.05) is 18.0 Å². The van der Waals surface area contributed by atoms with Crippen molar-refractivity contribution in [3.05, 3.63) is 40.0 Å². The van der Waals surface area contributed by atoms with E-state index >= 15 is 0 Å². The van der Waals surface area contributed by atoms with Crippen molar-refractivity contribution < 1.29 is 17.9 Å². The SMILES string of the molecule is Cc1nc(CN2CCC(COc3cccc(C(F)(F)F)n3)CC2)cs1. The van der Waals surface area contributed by atoms with E-state index in [0.717, 1.165) is 49.2 Å². The molecule has 2 aromatic rings. The summed E-state index contributed by atoms with van der Waals surface area (Å²) >= 11 is 1.66. The molecule has 136 valence electrons. The average molecular weight is 371 g/mol. The first kappa shape index (κ1) is 18.1. The number of rotatable bonds is 5. The maximum Gasteiger partial charge on any atom is 0.433 e. The van der Waals surface area contributed by atoms with Crippen molar-refractivity contribution in [2.45, 2.75) is 32.5 Å². The highest BCUT2D eigenvalue weighted by molar-refractivity contribution is 7.09. The highest BCUT2D eigenvalue weighted by Gasteiger charge is 2.32. The van der Waals surface area contributed by atoms with E-state index in [1.54, 1.807) is 11.3 Å². The normalized spacial score (nSPS) is 17.0. The number of nitrogens with zero attached hydrogens (tertiary/aromatic N) is 3. The van der Waals surface area contributed by atoms with Crippen LogP contribution in [0.25, 0.3) is 0 Å². The van der Waals surface area contributed by atoms with Crippen LogP contribution in [0.15, 0.2) is 23.6 Å². The fourth-order valence-electron chi connectivity index (χ4n) is 2.88. The molecule has 1 saturated heterocycles. The lowest BCUT2D eigenvalue weighted by atomic mass is 9.98. The molecule has 25 heavy (non-hydrogen) atoms. The Morgan fingerprint density at radius 3 is 2.64 bits per heavy atom. The van der Waals surface area contributed by atoms with E-state index in [9.17, 15) is 13.2 Å². The number of hydrogen-bond donors (Lipinski definition) is 0. The number of likely N-dealkylation sites (tertiary alicyclic amines) is 1. The molecule has 3 heterocycles. The van der Waals surface area contributed by atoms with Gasteiger partial charge in [-0.15, -0.1) is 11.3 Å². The number of halogens is 3. The van der Waals surface area contributed by atoms with Gasteiger partial charge in [0.1, 0.15) is 5.69 Å². The van der Waals surface area contributed by atoms with Crippen molar-refractivity contribution in [2.24, 2.45) is 5.92 Å². The Balaban J connectivity index is 1.45. The second-order valence-corrected chi connectivity index (χ2v) is 7.31. The number of aromatic nitrogens is 2. The van der Waals surface area contributed by atoms with Gasteiger partial charge in [0.15, 0.2) is 0 Å². The van der Waals surface area contributed by atoms with Crippen LogP contribution in [-0.2, 0) is 12.7 Å². The molecule has 1 aliphatic rings. The molecule has 0 atom stereocenters. The Bertz CT molecular complexity index is 696. The van der Waals surface area contributed by atoms with Gasteiger partial charge >= 0.3 is 6.18 Å². The quantitative estimate of drug-likeness (QED) is 0.791. The minimum absolute atomic E-state index is 0.0372. The van der Waals surface area contributed by atoms with Gasteiger partial charge in [0.05, 0.1) is 17.3 Å². The first-order valence-electron chi connectivity index (χ1n) is 8.20. The van der Waals surface area contributed by atoms with Gasteiger partial charge in [0.25, 0.3) is 0 Å². The summed E-state index contributed by atoms with van der Waals surface area (Å²) in [5.41, 5.74) is 0.184. The van der Waals surface area contributed by atoms with Gasteiger partial charge in [0.2, 0.25) is 5.88 Å². The number of ether oxygens (including phenoxy) is 1. The molecule has 0 unspecified atom stereocenters. The maximum atomic E-state index is 12.7. The lowest BCUT2D eigenvalue weighted by Gasteiger charge is -2.31. The summed E-state index contributed by atoms with van der Waals surface area (Å²) in [6.45, 7) is 5.14. The van der Waals surface area contributed by atoms with Crippen LogP contribution >= 0.6 is 11.3 Å². The van der Waals surface area contributed by atoms with Gasteiger partial charge in [-0.05, 0) is 44.8 Å². The number of hydrogen-bond acceptors (Lipinski definition) is 5. The Kier molecular flexibility index (Phi) is 5.58. The molecular weight excluding hydrogens is 351 g/mol. The molecule has 1 fully saturated rings. The van der Waals surface area contributed by atoms with Crippen LogP contribution in [0.5, 0.6) is 5.88 Å². The van der Waals surface area contributed by atoms with Gasteiger partial charge in [-0.3, -0.25) is 4.90 Å². The minimum atomic E-state index is -4.45. The summed E-state index contributed by atoms with van der Waals surface area (Å²) in [5, 5.41) is 3.16. The zero-order chi connectivity index (χ0) is 17.9. The average Bonchev–Trinajstić information content (AvgIpc) is 2.99. The summed E-state index contributed by atoms with van der Waals surface area (Å²) < 4.78 is 43.5. The third-order valence-electron chi connectivity index (χ3n) is 4.24. The van der Waals surface area contributed by atoms with E-state index < -0.39 is 11.9 Å². The predicted octanol–water partition coefficient (Wildman–Crippen LogP) is 4.16. The van der Waals surface area contributed by atoms with Gasteiger partial charge in [-0.25, -0.2) is 9.97 Å². The molecule has 0 N–H and O–H groups in total. The fourth-order valence-corrected chi connectivity index (χ4v) is 3.48. The van der Waals surface area contributed by atoms with Crippen molar-refractivity contribution >= 4 is 11.3 Å². The van der Waals surface area contributed by atoms with Gasteiger partial charge < -0.3 is 4.74 Å². The van der Waals surface area contributed by atoms with Crippen LogP contribution < -0.4 is 4.74 Å². The Morgan fingerprint density at radius 1 is 1.24 bits per heavy atom.